The Kier molecular flexibility index (Phi) is 7.74. The minimum atomic E-state index is -0.206. The van der Waals surface area contributed by atoms with Gasteiger partial charge in [-0.3, -0.25) is 20.1 Å². The van der Waals surface area contributed by atoms with Crippen LogP contribution in [0.1, 0.15) is 67.1 Å². The molecule has 1 aromatic carbocycles. The van der Waals surface area contributed by atoms with Crippen LogP contribution in [0, 0.1) is 25.2 Å². The molecule has 1 spiro atoms. The van der Waals surface area contributed by atoms with Gasteiger partial charge in [0, 0.05) is 49.0 Å². The van der Waals surface area contributed by atoms with Crippen LogP contribution < -0.4 is 20.3 Å². The van der Waals surface area contributed by atoms with Gasteiger partial charge >= 0.3 is 0 Å². The van der Waals surface area contributed by atoms with Gasteiger partial charge in [0.1, 0.15) is 5.75 Å². The molecule has 2 N–H and O–H groups in total. The molecule has 1 amide bonds. The van der Waals surface area contributed by atoms with Crippen LogP contribution in [0.4, 0.5) is 11.6 Å². The molecular weight excluding hydrogens is 550 g/mol. The van der Waals surface area contributed by atoms with Gasteiger partial charge in [-0.25, -0.2) is 4.98 Å². The standard InChI is InChI=1S/C35H43N7O2/c1-23-5-4-16-44-32-6-11-37-21-27(32)28-19-26(18-25(3)38-28)33(43)40-34-39-29-17-24(2)30(20-31(29)42(34)22-23)41-14-9-35(10-15-41)7-12-36-13-8-35/h6,11,17-21,23,36H,4-5,7-10,12-16,22H2,1-3H3,(H,39,40,43)/t23-/m1/s1. The van der Waals surface area contributed by atoms with E-state index < -0.39 is 0 Å². The first kappa shape index (κ1) is 28.8. The van der Waals surface area contributed by atoms with Crippen molar-refractivity contribution >= 4 is 28.6 Å². The summed E-state index contributed by atoms with van der Waals surface area (Å²) in [5.41, 5.74) is 7.74. The van der Waals surface area contributed by atoms with Crippen LogP contribution in [0.5, 0.6) is 5.75 Å². The normalized spacial score (nSPS) is 20.7. The molecule has 3 aliphatic heterocycles. The number of pyridine rings is 2. The number of hydrogen-bond donors (Lipinski definition) is 2. The zero-order chi connectivity index (χ0) is 30.3. The van der Waals surface area contributed by atoms with Gasteiger partial charge in [-0.2, -0.15) is 0 Å². The summed E-state index contributed by atoms with van der Waals surface area (Å²) in [6.45, 7) is 12.2. The highest BCUT2D eigenvalue weighted by Crippen LogP contribution is 2.42. The van der Waals surface area contributed by atoms with Crippen molar-refractivity contribution in [3.63, 3.8) is 0 Å². The molecule has 44 heavy (non-hydrogen) atoms. The number of anilines is 2. The monoisotopic (exact) mass is 593 g/mol. The Bertz CT molecular complexity index is 1680. The third kappa shape index (κ3) is 5.65. The molecule has 0 aliphatic carbocycles. The van der Waals surface area contributed by atoms with E-state index in [9.17, 15) is 4.79 Å². The summed E-state index contributed by atoms with van der Waals surface area (Å²) in [5, 5.41) is 6.72. The van der Waals surface area contributed by atoms with Gasteiger partial charge in [0.15, 0.2) is 0 Å². The molecule has 7 rings (SSSR count). The Balaban J connectivity index is 1.24. The van der Waals surface area contributed by atoms with Crippen molar-refractivity contribution in [2.45, 2.75) is 65.8 Å². The number of nitrogens with zero attached hydrogens (tertiary/aromatic N) is 5. The second-order valence-corrected chi connectivity index (χ2v) is 13.2. The first-order valence-electron chi connectivity index (χ1n) is 16.2. The molecule has 230 valence electrons. The second kappa shape index (κ2) is 11.8. The molecule has 3 aromatic heterocycles. The van der Waals surface area contributed by atoms with E-state index in [2.05, 4.69) is 51.1 Å². The van der Waals surface area contributed by atoms with Crippen molar-refractivity contribution in [2.75, 3.05) is 43.0 Å². The van der Waals surface area contributed by atoms with Crippen LogP contribution in [-0.2, 0) is 6.54 Å². The number of imidazole rings is 1. The Morgan fingerprint density at radius 3 is 2.66 bits per heavy atom. The zero-order valence-electron chi connectivity index (χ0n) is 26.2. The van der Waals surface area contributed by atoms with Crippen molar-refractivity contribution in [3.05, 3.63) is 59.5 Å². The van der Waals surface area contributed by atoms with Crippen molar-refractivity contribution < 1.29 is 9.53 Å². The molecule has 0 saturated carbocycles. The topological polar surface area (TPSA) is 97.2 Å². The van der Waals surface area contributed by atoms with E-state index in [-0.39, 0.29) is 5.91 Å². The van der Waals surface area contributed by atoms with Crippen LogP contribution in [0.15, 0.2) is 42.7 Å². The lowest BCUT2D eigenvalue weighted by molar-refractivity contribution is 0.102. The second-order valence-electron chi connectivity index (χ2n) is 13.2. The maximum absolute atomic E-state index is 13.8. The average molecular weight is 594 g/mol. The number of aryl methyl sites for hydroxylation is 2. The average Bonchev–Trinajstić information content (AvgIpc) is 3.34. The predicted molar refractivity (Wildman–Crippen MR) is 175 cm³/mol. The molecule has 9 heteroatoms. The van der Waals surface area contributed by atoms with Gasteiger partial charge in [-0.1, -0.05) is 6.92 Å². The number of rotatable bonds is 1. The molecule has 2 fully saturated rings. The highest BCUT2D eigenvalue weighted by molar-refractivity contribution is 6.05. The summed E-state index contributed by atoms with van der Waals surface area (Å²) in [4.78, 5) is 30.4. The summed E-state index contributed by atoms with van der Waals surface area (Å²) in [5.74, 6) is 1.48. The molecule has 1 atom stereocenters. The molecule has 2 bridgehead atoms. The van der Waals surface area contributed by atoms with E-state index in [1.165, 1.54) is 36.9 Å². The predicted octanol–water partition coefficient (Wildman–Crippen LogP) is 6.14. The molecule has 3 aliphatic rings. The number of nitrogens with one attached hydrogen (secondary N) is 2. The minimum absolute atomic E-state index is 0.206. The Morgan fingerprint density at radius 2 is 1.84 bits per heavy atom. The molecule has 6 heterocycles. The van der Waals surface area contributed by atoms with Crippen LogP contribution in [0.2, 0.25) is 0 Å². The number of amides is 1. The van der Waals surface area contributed by atoms with Gasteiger partial charge in [0.25, 0.3) is 5.91 Å². The molecule has 0 unspecified atom stereocenters. The third-order valence-corrected chi connectivity index (χ3v) is 9.99. The third-order valence-electron chi connectivity index (χ3n) is 9.99. The number of carbonyl (C=O) groups is 1. The summed E-state index contributed by atoms with van der Waals surface area (Å²) in [7, 11) is 0. The lowest BCUT2D eigenvalue weighted by atomic mass is 9.71. The largest absolute Gasteiger partial charge is 0.493 e. The van der Waals surface area contributed by atoms with Gasteiger partial charge in [-0.05, 0) is 113 Å². The number of benzene rings is 1. The first-order chi connectivity index (χ1) is 21.4. The van der Waals surface area contributed by atoms with E-state index in [4.69, 9.17) is 14.7 Å². The van der Waals surface area contributed by atoms with Gasteiger partial charge in [-0.15, -0.1) is 0 Å². The van der Waals surface area contributed by atoms with Crippen molar-refractivity contribution in [2.24, 2.45) is 11.3 Å². The molecule has 4 aromatic rings. The number of ether oxygens (including phenoxy) is 1. The Morgan fingerprint density at radius 1 is 1.02 bits per heavy atom. The van der Waals surface area contributed by atoms with Crippen LogP contribution >= 0.6 is 0 Å². The lowest BCUT2D eigenvalue weighted by Crippen LogP contribution is -2.45. The van der Waals surface area contributed by atoms with Crippen molar-refractivity contribution in [3.8, 4) is 17.0 Å². The number of fused-ring (bicyclic) bond motifs is 7. The van der Waals surface area contributed by atoms with Crippen LogP contribution in [0.25, 0.3) is 22.3 Å². The first-order valence-corrected chi connectivity index (χ1v) is 16.2. The Labute approximate surface area is 259 Å². The summed E-state index contributed by atoms with van der Waals surface area (Å²) < 4.78 is 8.45. The van der Waals surface area contributed by atoms with Crippen LogP contribution in [0.3, 0.4) is 0 Å². The fraction of sp³-hybridized carbons (Fsp3) is 0.486. The van der Waals surface area contributed by atoms with Gasteiger partial charge < -0.3 is 19.5 Å². The molecular formula is C35H43N7O2. The van der Waals surface area contributed by atoms with E-state index >= 15 is 0 Å². The molecule has 0 radical (unpaired) electrons. The minimum Gasteiger partial charge on any atom is -0.493 e. The lowest BCUT2D eigenvalue weighted by Gasteiger charge is -2.45. The quantitative estimate of drug-likeness (QED) is 0.274. The highest BCUT2D eigenvalue weighted by atomic mass is 16.5. The Hall–Kier alpha value is -3.98. The van der Waals surface area contributed by atoms with E-state index in [1.54, 1.807) is 12.4 Å². The highest BCUT2D eigenvalue weighted by Gasteiger charge is 2.36. The number of aromatic nitrogens is 4. The van der Waals surface area contributed by atoms with E-state index in [0.717, 1.165) is 73.6 Å². The fourth-order valence-electron chi connectivity index (χ4n) is 7.39. The van der Waals surface area contributed by atoms with Gasteiger partial charge in [0.2, 0.25) is 5.95 Å². The summed E-state index contributed by atoms with van der Waals surface area (Å²) >= 11 is 0. The summed E-state index contributed by atoms with van der Waals surface area (Å²) in [6, 6.07) is 10.0. The number of carbonyl (C=O) groups excluding carboxylic acids is 1. The van der Waals surface area contributed by atoms with Crippen molar-refractivity contribution in [1.29, 1.82) is 0 Å². The summed E-state index contributed by atoms with van der Waals surface area (Å²) in [6.07, 6.45) is 10.5. The number of hydrogen-bond acceptors (Lipinski definition) is 7. The molecule has 9 nitrogen and oxygen atoms in total. The number of piperidine rings is 2. The smallest absolute Gasteiger partial charge is 0.258 e. The maximum atomic E-state index is 13.8. The fourth-order valence-corrected chi connectivity index (χ4v) is 7.39. The van der Waals surface area contributed by atoms with E-state index in [0.29, 0.717) is 35.1 Å². The van der Waals surface area contributed by atoms with E-state index in [1.807, 2.05) is 25.1 Å². The SMILES string of the molecule is Cc1cc2cc(n1)-c1cnccc1OCCC[C@@H](C)Cn1c(nc3cc(C)c(N4CCC5(CCNCC5)CC4)cc31)NC2=O. The van der Waals surface area contributed by atoms with Gasteiger partial charge in [0.05, 0.1) is 28.9 Å². The van der Waals surface area contributed by atoms with Crippen LogP contribution in [-0.4, -0.2) is 58.2 Å². The zero-order valence-corrected chi connectivity index (χ0v) is 26.2. The maximum Gasteiger partial charge on any atom is 0.258 e. The van der Waals surface area contributed by atoms with Crippen molar-refractivity contribution in [1.82, 2.24) is 24.8 Å². The molecule has 2 saturated heterocycles.